The number of hydrogen-bond acceptors (Lipinski definition) is 2. The first-order chi connectivity index (χ1) is 10.0. The number of carbonyl (C=O) groups excluding carboxylic acids is 1. The van der Waals surface area contributed by atoms with Gasteiger partial charge < -0.3 is 10.0 Å². The number of benzene rings is 1. The molecule has 0 bridgehead atoms. The minimum absolute atomic E-state index is 0.0731. The Balaban J connectivity index is 1.65. The molecule has 1 aliphatic heterocycles. The summed E-state index contributed by atoms with van der Waals surface area (Å²) < 4.78 is 12.9. The Labute approximate surface area is 122 Å². The summed E-state index contributed by atoms with van der Waals surface area (Å²) in [5.41, 5.74) is 0.753. The lowest BCUT2D eigenvalue weighted by molar-refractivity contribution is -0.142. The van der Waals surface area contributed by atoms with Gasteiger partial charge >= 0.3 is 5.97 Å². The Bertz CT molecular complexity index is 553. The summed E-state index contributed by atoms with van der Waals surface area (Å²) in [5, 5.41) is 9.30. The molecule has 0 spiro atoms. The van der Waals surface area contributed by atoms with E-state index >= 15 is 0 Å². The Morgan fingerprint density at radius 2 is 1.86 bits per heavy atom. The van der Waals surface area contributed by atoms with E-state index in [1.54, 1.807) is 17.0 Å². The zero-order valence-electron chi connectivity index (χ0n) is 11.7. The monoisotopic (exact) mass is 291 g/mol. The van der Waals surface area contributed by atoms with E-state index in [1.807, 2.05) is 0 Å². The van der Waals surface area contributed by atoms with Gasteiger partial charge in [0.2, 0.25) is 5.91 Å². The number of hydrogen-bond donors (Lipinski definition) is 1. The molecule has 0 unspecified atom stereocenters. The summed E-state index contributed by atoms with van der Waals surface area (Å²) in [7, 11) is 0. The third-order valence-electron chi connectivity index (χ3n) is 4.53. The zero-order chi connectivity index (χ0) is 15.0. The van der Waals surface area contributed by atoms with Crippen LogP contribution in [0.25, 0.3) is 0 Å². The highest BCUT2D eigenvalue weighted by Crippen LogP contribution is 2.44. The van der Waals surface area contributed by atoms with Gasteiger partial charge in [-0.15, -0.1) is 0 Å². The summed E-state index contributed by atoms with van der Waals surface area (Å²) in [6.45, 7) is 0.845. The van der Waals surface area contributed by atoms with Gasteiger partial charge in [0.05, 0.1) is 12.3 Å². The lowest BCUT2D eigenvalue weighted by Crippen LogP contribution is -2.31. The molecule has 1 amide bonds. The minimum Gasteiger partial charge on any atom is -0.481 e. The van der Waals surface area contributed by atoms with Crippen LogP contribution < -0.4 is 0 Å². The first-order valence-corrected chi connectivity index (χ1v) is 7.29. The Kier molecular flexibility index (Phi) is 3.66. The van der Waals surface area contributed by atoms with Crippen LogP contribution in [0, 0.1) is 23.6 Å². The van der Waals surface area contributed by atoms with Gasteiger partial charge in [-0.25, -0.2) is 4.39 Å². The quantitative estimate of drug-likeness (QED) is 0.922. The molecule has 0 aromatic heterocycles. The summed E-state index contributed by atoms with van der Waals surface area (Å²) in [6.07, 6.45) is 2.35. The largest absolute Gasteiger partial charge is 0.481 e. The van der Waals surface area contributed by atoms with Crippen molar-refractivity contribution in [3.05, 3.63) is 35.6 Å². The van der Waals surface area contributed by atoms with E-state index in [0.29, 0.717) is 19.0 Å². The van der Waals surface area contributed by atoms with Crippen LogP contribution in [-0.4, -0.2) is 35.0 Å². The molecule has 2 aliphatic rings. The zero-order valence-corrected chi connectivity index (χ0v) is 11.7. The van der Waals surface area contributed by atoms with Gasteiger partial charge in [0.1, 0.15) is 5.82 Å². The van der Waals surface area contributed by atoms with E-state index in [-0.39, 0.29) is 24.1 Å². The number of carbonyl (C=O) groups is 2. The highest BCUT2D eigenvalue weighted by atomic mass is 19.1. The van der Waals surface area contributed by atoms with E-state index in [2.05, 4.69) is 0 Å². The Hall–Kier alpha value is -1.91. The molecule has 1 heterocycles. The van der Waals surface area contributed by atoms with Crippen LogP contribution in [0.2, 0.25) is 0 Å². The number of likely N-dealkylation sites (tertiary alicyclic amines) is 1. The fraction of sp³-hybridized carbons (Fsp3) is 0.500. The molecule has 1 N–H and O–H groups in total. The molecular formula is C16H18FNO3. The van der Waals surface area contributed by atoms with Crippen LogP contribution in [0.3, 0.4) is 0 Å². The molecule has 1 saturated heterocycles. The molecule has 1 aromatic rings. The summed E-state index contributed by atoms with van der Waals surface area (Å²) >= 11 is 0. The molecule has 112 valence electrons. The van der Waals surface area contributed by atoms with E-state index in [0.717, 1.165) is 18.4 Å². The van der Waals surface area contributed by atoms with Crippen LogP contribution in [0.4, 0.5) is 4.39 Å². The van der Waals surface area contributed by atoms with Crippen molar-refractivity contribution in [1.29, 1.82) is 0 Å². The van der Waals surface area contributed by atoms with Crippen molar-refractivity contribution in [3.63, 3.8) is 0 Å². The predicted octanol–water partition coefficient (Wildman–Crippen LogP) is 1.94. The average molecular weight is 291 g/mol. The normalized spacial score (nSPS) is 25.1. The molecule has 0 radical (unpaired) electrons. The van der Waals surface area contributed by atoms with Gasteiger partial charge in [-0.05, 0) is 42.4 Å². The van der Waals surface area contributed by atoms with Crippen LogP contribution in [0.5, 0.6) is 0 Å². The Morgan fingerprint density at radius 1 is 1.19 bits per heavy atom. The fourth-order valence-electron chi connectivity index (χ4n) is 3.18. The second-order valence-corrected chi connectivity index (χ2v) is 6.05. The standard InChI is InChI=1S/C16H18FNO3/c17-12-5-1-10(2-6-12)7-15(19)18-8-13(11-3-4-11)14(9-18)16(20)21/h1-2,5-6,11,13-14H,3-4,7-9H2,(H,20,21)/t13-,14+/m1/s1. The van der Waals surface area contributed by atoms with E-state index < -0.39 is 11.9 Å². The smallest absolute Gasteiger partial charge is 0.308 e. The van der Waals surface area contributed by atoms with E-state index in [1.165, 1.54) is 12.1 Å². The molecule has 21 heavy (non-hydrogen) atoms. The number of nitrogens with zero attached hydrogens (tertiary/aromatic N) is 1. The molecule has 5 heteroatoms. The Morgan fingerprint density at radius 3 is 2.43 bits per heavy atom. The lowest BCUT2D eigenvalue weighted by Gasteiger charge is -2.16. The first-order valence-electron chi connectivity index (χ1n) is 7.29. The maximum Gasteiger partial charge on any atom is 0.308 e. The third-order valence-corrected chi connectivity index (χ3v) is 4.53. The molecule has 1 aliphatic carbocycles. The molecule has 1 aromatic carbocycles. The number of halogens is 1. The van der Waals surface area contributed by atoms with Gasteiger partial charge in [0, 0.05) is 13.1 Å². The first kappa shape index (κ1) is 14.0. The predicted molar refractivity (Wildman–Crippen MR) is 74.0 cm³/mol. The summed E-state index contributed by atoms with van der Waals surface area (Å²) in [6, 6.07) is 5.85. The van der Waals surface area contributed by atoms with Crippen LogP contribution in [0.15, 0.2) is 24.3 Å². The summed E-state index contributed by atoms with van der Waals surface area (Å²) in [5.74, 6) is -1.07. The molecule has 4 nitrogen and oxygen atoms in total. The average Bonchev–Trinajstić information content (AvgIpc) is 3.19. The van der Waals surface area contributed by atoms with Crippen molar-refractivity contribution in [2.45, 2.75) is 19.3 Å². The molecule has 1 saturated carbocycles. The molecule has 2 atom stereocenters. The minimum atomic E-state index is -0.802. The summed E-state index contributed by atoms with van der Waals surface area (Å²) in [4.78, 5) is 25.3. The van der Waals surface area contributed by atoms with Gasteiger partial charge in [0.25, 0.3) is 0 Å². The number of carboxylic acids is 1. The number of carboxylic acid groups (broad SMARTS) is 1. The van der Waals surface area contributed by atoms with E-state index in [4.69, 9.17) is 0 Å². The maximum absolute atomic E-state index is 12.9. The highest BCUT2D eigenvalue weighted by Gasteiger charge is 2.46. The number of amides is 1. The van der Waals surface area contributed by atoms with Crippen LogP contribution >= 0.6 is 0 Å². The fourth-order valence-corrected chi connectivity index (χ4v) is 3.18. The lowest BCUT2D eigenvalue weighted by atomic mass is 9.92. The van der Waals surface area contributed by atoms with Crippen LogP contribution in [-0.2, 0) is 16.0 Å². The second-order valence-electron chi connectivity index (χ2n) is 6.05. The van der Waals surface area contributed by atoms with Gasteiger partial charge in [-0.2, -0.15) is 0 Å². The van der Waals surface area contributed by atoms with Crippen molar-refractivity contribution in [2.24, 2.45) is 17.8 Å². The van der Waals surface area contributed by atoms with Gasteiger partial charge in [0.15, 0.2) is 0 Å². The third kappa shape index (κ3) is 3.06. The number of aliphatic carboxylic acids is 1. The second kappa shape index (κ2) is 5.47. The van der Waals surface area contributed by atoms with Crippen molar-refractivity contribution < 1.29 is 19.1 Å². The van der Waals surface area contributed by atoms with E-state index in [9.17, 15) is 19.1 Å². The molecular weight excluding hydrogens is 273 g/mol. The van der Waals surface area contributed by atoms with Gasteiger partial charge in [-0.1, -0.05) is 12.1 Å². The SMILES string of the molecule is O=C(O)[C@H]1CN(C(=O)Cc2ccc(F)cc2)C[C@@H]1C1CC1. The van der Waals surface area contributed by atoms with Crippen molar-refractivity contribution >= 4 is 11.9 Å². The highest BCUT2D eigenvalue weighted by molar-refractivity contribution is 5.81. The van der Waals surface area contributed by atoms with Crippen LogP contribution in [0.1, 0.15) is 18.4 Å². The molecule has 2 fully saturated rings. The topological polar surface area (TPSA) is 57.6 Å². The molecule has 3 rings (SSSR count). The number of rotatable bonds is 4. The van der Waals surface area contributed by atoms with Gasteiger partial charge in [-0.3, -0.25) is 9.59 Å². The maximum atomic E-state index is 12.9. The van der Waals surface area contributed by atoms with Crippen molar-refractivity contribution in [2.75, 3.05) is 13.1 Å². The van der Waals surface area contributed by atoms with Crippen molar-refractivity contribution in [1.82, 2.24) is 4.90 Å². The van der Waals surface area contributed by atoms with Crippen molar-refractivity contribution in [3.8, 4) is 0 Å².